The summed E-state index contributed by atoms with van der Waals surface area (Å²) in [6.07, 6.45) is 1.01. The van der Waals surface area contributed by atoms with E-state index in [2.05, 4.69) is 33.0 Å². The number of likely N-dealkylation sites (N-methyl/N-ethyl adjacent to an activating group) is 1. The molecule has 0 fully saturated rings. The molecule has 0 bridgehead atoms. The first-order chi connectivity index (χ1) is 9.06. The van der Waals surface area contributed by atoms with Crippen LogP contribution in [-0.2, 0) is 6.42 Å². The van der Waals surface area contributed by atoms with Gasteiger partial charge in [0.15, 0.2) is 0 Å². The molecule has 3 heteroatoms. The molecule has 19 heavy (non-hydrogen) atoms. The molecule has 0 N–H and O–H groups in total. The Bertz CT molecular complexity index is 562. The van der Waals surface area contributed by atoms with Crippen LogP contribution in [0.25, 0.3) is 10.9 Å². The number of nitrogens with zero attached hydrogens (tertiary/aromatic N) is 2. The van der Waals surface area contributed by atoms with Crippen LogP contribution in [0.15, 0.2) is 30.3 Å². The maximum atomic E-state index is 6.02. The Hall–Kier alpha value is -1.12. The third-order valence-corrected chi connectivity index (χ3v) is 4.38. The molecule has 0 aliphatic heterocycles. The maximum Gasteiger partial charge on any atom is 0.0840 e. The summed E-state index contributed by atoms with van der Waals surface area (Å²) in [5, 5.41) is 1.90. The fourth-order valence-electron chi connectivity index (χ4n) is 2.20. The van der Waals surface area contributed by atoms with Crippen LogP contribution in [0.2, 0.25) is 5.02 Å². The van der Waals surface area contributed by atoms with Crippen molar-refractivity contribution in [1.82, 2.24) is 4.98 Å². The third kappa shape index (κ3) is 3.46. The number of halogens is 1. The molecule has 0 spiro atoms. The van der Waals surface area contributed by atoms with Crippen LogP contribution in [0.1, 0.15) is 19.5 Å². The molecule has 0 radical (unpaired) electrons. The molecule has 102 valence electrons. The van der Waals surface area contributed by atoms with Crippen molar-refractivity contribution in [3.63, 3.8) is 0 Å². The molecule has 0 aliphatic rings. The lowest BCUT2D eigenvalue weighted by atomic mass is 10.1. The number of pyridine rings is 1. The summed E-state index contributed by atoms with van der Waals surface area (Å²) in [4.78, 5) is 4.71. The van der Waals surface area contributed by atoms with Gasteiger partial charge in [0.25, 0.3) is 0 Å². The van der Waals surface area contributed by atoms with Gasteiger partial charge in [0.05, 0.1) is 32.2 Å². The second-order valence-corrected chi connectivity index (χ2v) is 5.80. The Labute approximate surface area is 120 Å². The SMILES string of the molecule is CC[N+](C)(CC)CCc1ccc2ccc(Cl)cc2n1. The predicted octanol–water partition coefficient (Wildman–Crippen LogP) is 3.92. The van der Waals surface area contributed by atoms with E-state index >= 15 is 0 Å². The van der Waals surface area contributed by atoms with E-state index < -0.39 is 0 Å². The predicted molar refractivity (Wildman–Crippen MR) is 82.6 cm³/mol. The van der Waals surface area contributed by atoms with Crippen LogP contribution in [0.3, 0.4) is 0 Å². The Morgan fingerprint density at radius 2 is 1.79 bits per heavy atom. The summed E-state index contributed by atoms with van der Waals surface area (Å²) < 4.78 is 1.09. The van der Waals surface area contributed by atoms with Crippen molar-refractivity contribution in [3.05, 3.63) is 41.0 Å². The van der Waals surface area contributed by atoms with Crippen LogP contribution >= 0.6 is 11.6 Å². The second kappa shape index (κ2) is 5.89. The molecule has 1 aromatic carbocycles. The lowest BCUT2D eigenvalue weighted by Crippen LogP contribution is -2.45. The molecule has 1 aromatic heterocycles. The normalized spacial score (nSPS) is 12.0. The Balaban J connectivity index is 2.17. The van der Waals surface area contributed by atoms with Gasteiger partial charge in [-0.05, 0) is 32.0 Å². The number of fused-ring (bicyclic) bond motifs is 1. The van der Waals surface area contributed by atoms with E-state index in [4.69, 9.17) is 16.6 Å². The van der Waals surface area contributed by atoms with Gasteiger partial charge in [-0.3, -0.25) is 4.98 Å². The van der Waals surface area contributed by atoms with E-state index in [0.29, 0.717) is 0 Å². The molecule has 0 aliphatic carbocycles. The van der Waals surface area contributed by atoms with E-state index in [0.717, 1.165) is 52.2 Å². The first-order valence-electron chi connectivity index (χ1n) is 6.95. The third-order valence-electron chi connectivity index (χ3n) is 4.15. The van der Waals surface area contributed by atoms with Gasteiger partial charge >= 0.3 is 0 Å². The van der Waals surface area contributed by atoms with E-state index in [1.165, 1.54) is 0 Å². The molecule has 2 rings (SSSR count). The molecule has 0 atom stereocenters. The first kappa shape index (κ1) is 14.3. The number of rotatable bonds is 5. The molecule has 0 amide bonds. The number of hydrogen-bond donors (Lipinski definition) is 0. The molecule has 0 unspecified atom stereocenters. The fourth-order valence-corrected chi connectivity index (χ4v) is 2.36. The van der Waals surface area contributed by atoms with Gasteiger partial charge in [0.2, 0.25) is 0 Å². The highest BCUT2D eigenvalue weighted by Gasteiger charge is 2.16. The van der Waals surface area contributed by atoms with Crippen LogP contribution in [-0.4, -0.2) is 36.1 Å². The Kier molecular flexibility index (Phi) is 4.43. The van der Waals surface area contributed by atoms with E-state index in [1.807, 2.05) is 18.2 Å². The Morgan fingerprint density at radius 3 is 2.47 bits per heavy atom. The van der Waals surface area contributed by atoms with Gasteiger partial charge in [0.1, 0.15) is 0 Å². The summed E-state index contributed by atoms with van der Waals surface area (Å²) in [5.41, 5.74) is 2.15. The van der Waals surface area contributed by atoms with E-state index in [-0.39, 0.29) is 0 Å². The van der Waals surface area contributed by atoms with Gasteiger partial charge in [-0.15, -0.1) is 0 Å². The fraction of sp³-hybridized carbons (Fsp3) is 0.438. The average molecular weight is 278 g/mol. The minimum Gasteiger partial charge on any atom is -0.326 e. The second-order valence-electron chi connectivity index (χ2n) is 5.37. The van der Waals surface area contributed by atoms with Crippen molar-refractivity contribution in [1.29, 1.82) is 0 Å². The van der Waals surface area contributed by atoms with Gasteiger partial charge in [0, 0.05) is 22.5 Å². The lowest BCUT2D eigenvalue weighted by Gasteiger charge is -2.32. The van der Waals surface area contributed by atoms with Crippen molar-refractivity contribution in [2.24, 2.45) is 0 Å². The summed E-state index contributed by atoms with van der Waals surface area (Å²) >= 11 is 6.02. The van der Waals surface area contributed by atoms with Crippen molar-refractivity contribution in [2.75, 3.05) is 26.7 Å². The monoisotopic (exact) mass is 277 g/mol. The van der Waals surface area contributed by atoms with E-state index in [9.17, 15) is 0 Å². The minimum absolute atomic E-state index is 0.750. The van der Waals surface area contributed by atoms with Crippen LogP contribution < -0.4 is 0 Å². The molecule has 0 saturated heterocycles. The molecule has 0 saturated carbocycles. The van der Waals surface area contributed by atoms with Crippen LogP contribution in [0, 0.1) is 0 Å². The molecular formula is C16H22ClN2+. The summed E-state index contributed by atoms with van der Waals surface area (Å²) in [6.45, 7) is 7.95. The van der Waals surface area contributed by atoms with Gasteiger partial charge < -0.3 is 4.48 Å². The topological polar surface area (TPSA) is 12.9 Å². The zero-order valence-corrected chi connectivity index (χ0v) is 12.7. The van der Waals surface area contributed by atoms with Gasteiger partial charge in [-0.1, -0.05) is 23.7 Å². The minimum atomic E-state index is 0.750. The van der Waals surface area contributed by atoms with Crippen molar-refractivity contribution < 1.29 is 4.48 Å². The summed E-state index contributed by atoms with van der Waals surface area (Å²) in [5.74, 6) is 0. The largest absolute Gasteiger partial charge is 0.326 e. The molecule has 2 nitrogen and oxygen atoms in total. The maximum absolute atomic E-state index is 6.02. The lowest BCUT2D eigenvalue weighted by molar-refractivity contribution is -0.905. The smallest absolute Gasteiger partial charge is 0.0840 e. The van der Waals surface area contributed by atoms with Crippen LogP contribution in [0.4, 0.5) is 0 Å². The van der Waals surface area contributed by atoms with Gasteiger partial charge in [-0.25, -0.2) is 0 Å². The summed E-state index contributed by atoms with van der Waals surface area (Å²) in [7, 11) is 2.30. The molecule has 2 aromatic rings. The first-order valence-corrected chi connectivity index (χ1v) is 7.33. The Morgan fingerprint density at radius 1 is 1.11 bits per heavy atom. The zero-order valence-electron chi connectivity index (χ0n) is 12.0. The summed E-state index contributed by atoms with van der Waals surface area (Å²) in [6, 6.07) is 10.1. The van der Waals surface area contributed by atoms with Crippen molar-refractivity contribution >= 4 is 22.5 Å². The molecular weight excluding hydrogens is 256 g/mol. The van der Waals surface area contributed by atoms with E-state index in [1.54, 1.807) is 0 Å². The number of benzene rings is 1. The standard InChI is InChI=1S/C16H22ClN2/c1-4-19(3,5-2)11-10-15-9-7-13-6-8-14(17)12-16(13)18-15/h6-9,12H,4-5,10-11H2,1-3H3/q+1. The number of quaternary nitrogens is 1. The average Bonchev–Trinajstić information content (AvgIpc) is 2.44. The number of aromatic nitrogens is 1. The van der Waals surface area contributed by atoms with Gasteiger partial charge in [-0.2, -0.15) is 0 Å². The highest BCUT2D eigenvalue weighted by Crippen LogP contribution is 2.18. The van der Waals surface area contributed by atoms with Crippen LogP contribution in [0.5, 0.6) is 0 Å². The van der Waals surface area contributed by atoms with Crippen molar-refractivity contribution in [2.45, 2.75) is 20.3 Å². The zero-order chi connectivity index (χ0) is 13.9. The highest BCUT2D eigenvalue weighted by atomic mass is 35.5. The number of hydrogen-bond acceptors (Lipinski definition) is 1. The quantitative estimate of drug-likeness (QED) is 0.755. The van der Waals surface area contributed by atoms with Crippen molar-refractivity contribution in [3.8, 4) is 0 Å². The highest BCUT2D eigenvalue weighted by molar-refractivity contribution is 6.31. The molecule has 1 heterocycles.